The van der Waals surface area contributed by atoms with E-state index in [0.29, 0.717) is 176 Å². The molecule has 310 valence electrons. The predicted octanol–water partition coefficient (Wildman–Crippen LogP) is 1.01. The molecule has 1 aromatic carbocycles. The highest BCUT2D eigenvalue weighted by Crippen LogP contribution is 2.21. The number of nitrogens with zero attached hydrogens (tertiary/aromatic N) is 1. The molecule has 2 rings (SSSR count). The Morgan fingerprint density at radius 3 is 0.981 bits per heavy atom. The van der Waals surface area contributed by atoms with Gasteiger partial charge in [0.25, 0.3) is 11.8 Å². The number of hydrogen-bond acceptors (Lipinski definition) is 15. The van der Waals surface area contributed by atoms with E-state index in [1.54, 1.807) is 24.3 Å². The largest absolute Gasteiger partial charge is 0.379 e. The molecule has 0 saturated carbocycles. The summed E-state index contributed by atoms with van der Waals surface area (Å²) in [6.07, 6.45) is 0.360. The van der Waals surface area contributed by atoms with Gasteiger partial charge in [-0.1, -0.05) is 12.1 Å². The summed E-state index contributed by atoms with van der Waals surface area (Å²) in [4.78, 5) is 37.1. The molecule has 1 aromatic rings. The Balaban J connectivity index is 1.15. The average molecular weight is 775 g/mol. The fourth-order valence-electron chi connectivity index (χ4n) is 4.57. The molecule has 0 atom stereocenters. The van der Waals surface area contributed by atoms with E-state index in [9.17, 15) is 14.4 Å². The van der Waals surface area contributed by atoms with E-state index in [0.717, 1.165) is 0 Å². The summed E-state index contributed by atoms with van der Waals surface area (Å²) < 4.78 is 65.5. The Labute approximate surface area is 319 Å². The first kappa shape index (κ1) is 47.5. The first-order chi connectivity index (χ1) is 26.6. The van der Waals surface area contributed by atoms with Crippen LogP contribution in [-0.4, -0.2) is 194 Å². The van der Waals surface area contributed by atoms with Gasteiger partial charge in [0, 0.05) is 13.0 Å². The van der Waals surface area contributed by atoms with Gasteiger partial charge in [0.1, 0.15) is 0 Å². The molecule has 0 aromatic heterocycles. The Kier molecular flexibility index (Phi) is 30.6. The number of hydrogen-bond donors (Lipinski definition) is 1. The number of carbonyl (C=O) groups is 3. The Morgan fingerprint density at radius 2 is 0.704 bits per heavy atom. The molecule has 17 nitrogen and oxygen atoms in total. The summed E-state index contributed by atoms with van der Waals surface area (Å²) in [5, 5.41) is 2.72. The molecule has 1 heterocycles. The van der Waals surface area contributed by atoms with Crippen LogP contribution in [0.1, 0.15) is 34.1 Å². The number of amides is 3. The van der Waals surface area contributed by atoms with Crippen molar-refractivity contribution in [2.45, 2.75) is 13.3 Å². The van der Waals surface area contributed by atoms with Crippen molar-refractivity contribution >= 4 is 17.7 Å². The topological polar surface area (TPSA) is 177 Å². The molecule has 0 spiro atoms. The van der Waals surface area contributed by atoms with Crippen LogP contribution in [0.3, 0.4) is 0 Å². The number of rotatable bonds is 40. The zero-order valence-electron chi connectivity index (χ0n) is 32.0. The zero-order chi connectivity index (χ0) is 38.6. The van der Waals surface area contributed by atoms with Crippen LogP contribution in [0.4, 0.5) is 0 Å². The molecule has 0 unspecified atom stereocenters. The summed E-state index contributed by atoms with van der Waals surface area (Å²) in [7, 11) is 0. The van der Waals surface area contributed by atoms with Crippen LogP contribution in [0.2, 0.25) is 0 Å². The minimum atomic E-state index is -0.281. The second kappa shape index (κ2) is 34.8. The van der Waals surface area contributed by atoms with Gasteiger partial charge in [-0.15, -0.1) is 0 Å². The fraction of sp³-hybridized carbons (Fsp3) is 0.757. The van der Waals surface area contributed by atoms with E-state index < -0.39 is 0 Å². The van der Waals surface area contributed by atoms with Gasteiger partial charge in [0.15, 0.2) is 0 Å². The highest BCUT2D eigenvalue weighted by atomic mass is 16.6. The van der Waals surface area contributed by atoms with Crippen LogP contribution in [0.5, 0.6) is 0 Å². The second-order valence-corrected chi connectivity index (χ2v) is 11.4. The SMILES string of the molecule is CCNC(=O)CCOCCOCCOCCOCCOCCOCCOCCOCCOCCOCCOCCOCCN1C(=O)c2ccccc2C1=O. The monoisotopic (exact) mass is 774 g/mol. The van der Waals surface area contributed by atoms with Crippen LogP contribution in [0, 0.1) is 0 Å². The molecule has 1 aliphatic heterocycles. The average Bonchev–Trinajstić information content (AvgIpc) is 3.42. The quantitative estimate of drug-likeness (QED) is 0.0738. The Hall–Kier alpha value is -2.65. The molecular weight excluding hydrogens is 712 g/mol. The van der Waals surface area contributed by atoms with Gasteiger partial charge in [-0.3, -0.25) is 19.3 Å². The minimum absolute atomic E-state index is 0.00716. The van der Waals surface area contributed by atoms with Crippen LogP contribution in [0.15, 0.2) is 24.3 Å². The van der Waals surface area contributed by atoms with Crippen LogP contribution >= 0.6 is 0 Å². The molecule has 1 N–H and O–H groups in total. The number of ether oxygens (including phenoxy) is 12. The summed E-state index contributed by atoms with van der Waals surface area (Å²) in [6.45, 7) is 13.5. The third kappa shape index (κ3) is 24.7. The van der Waals surface area contributed by atoms with Crippen molar-refractivity contribution in [3.05, 3.63) is 35.4 Å². The third-order valence-corrected chi connectivity index (χ3v) is 7.28. The lowest BCUT2D eigenvalue weighted by Gasteiger charge is -2.13. The first-order valence-electron chi connectivity index (χ1n) is 18.8. The van der Waals surface area contributed by atoms with Gasteiger partial charge in [-0.2, -0.15) is 0 Å². The Bertz CT molecular complexity index is 1050. The predicted molar refractivity (Wildman–Crippen MR) is 195 cm³/mol. The standard InChI is InChI=1S/C37H62N2O15/c1-2-38-35(40)7-9-43-11-13-45-15-17-47-19-21-49-23-25-51-27-29-53-31-32-54-30-28-52-26-24-50-22-20-48-18-16-46-14-12-44-10-8-39-36(41)33-5-3-4-6-34(33)37(39)42/h3-6H,2,7-32H2,1H3,(H,38,40). The van der Waals surface area contributed by atoms with Crippen LogP contribution in [-0.2, 0) is 61.6 Å². The van der Waals surface area contributed by atoms with Gasteiger partial charge in [0.2, 0.25) is 5.91 Å². The number of nitrogens with one attached hydrogen (secondary N) is 1. The molecule has 0 bridgehead atoms. The maximum Gasteiger partial charge on any atom is 0.261 e. The maximum absolute atomic E-state index is 12.3. The van der Waals surface area contributed by atoms with Crippen molar-refractivity contribution in [1.29, 1.82) is 0 Å². The smallest absolute Gasteiger partial charge is 0.261 e. The molecule has 0 radical (unpaired) electrons. The van der Waals surface area contributed by atoms with E-state index in [4.69, 9.17) is 56.8 Å². The van der Waals surface area contributed by atoms with Gasteiger partial charge in [-0.05, 0) is 19.1 Å². The lowest BCUT2D eigenvalue weighted by molar-refractivity contribution is -0.122. The molecule has 0 aliphatic carbocycles. The highest BCUT2D eigenvalue weighted by Gasteiger charge is 2.34. The molecule has 3 amide bonds. The van der Waals surface area contributed by atoms with E-state index in [1.807, 2.05) is 6.92 Å². The maximum atomic E-state index is 12.3. The molecule has 54 heavy (non-hydrogen) atoms. The summed E-state index contributed by atoms with van der Waals surface area (Å²) in [5.74, 6) is -0.570. The van der Waals surface area contributed by atoms with Crippen molar-refractivity contribution in [2.24, 2.45) is 0 Å². The van der Waals surface area contributed by atoms with E-state index in [1.165, 1.54) is 4.90 Å². The number of benzene rings is 1. The molecule has 0 saturated heterocycles. The number of fused-ring (bicyclic) bond motifs is 1. The second-order valence-electron chi connectivity index (χ2n) is 11.4. The van der Waals surface area contributed by atoms with Crippen molar-refractivity contribution in [2.75, 3.05) is 172 Å². The van der Waals surface area contributed by atoms with Gasteiger partial charge < -0.3 is 62.2 Å². The van der Waals surface area contributed by atoms with Gasteiger partial charge in [0.05, 0.1) is 176 Å². The third-order valence-electron chi connectivity index (χ3n) is 7.28. The minimum Gasteiger partial charge on any atom is -0.379 e. The zero-order valence-corrected chi connectivity index (χ0v) is 32.0. The lowest BCUT2D eigenvalue weighted by atomic mass is 10.1. The van der Waals surface area contributed by atoms with E-state index >= 15 is 0 Å². The van der Waals surface area contributed by atoms with Crippen molar-refractivity contribution < 1.29 is 71.2 Å². The number of carbonyl (C=O) groups excluding carboxylic acids is 3. The van der Waals surface area contributed by atoms with E-state index in [-0.39, 0.29) is 30.9 Å². The van der Waals surface area contributed by atoms with Crippen molar-refractivity contribution in [3.8, 4) is 0 Å². The molecule has 17 heteroatoms. The van der Waals surface area contributed by atoms with Crippen LogP contribution in [0.25, 0.3) is 0 Å². The van der Waals surface area contributed by atoms with Crippen molar-refractivity contribution in [3.63, 3.8) is 0 Å². The van der Waals surface area contributed by atoms with E-state index in [2.05, 4.69) is 5.32 Å². The highest BCUT2D eigenvalue weighted by molar-refractivity contribution is 6.21. The fourth-order valence-corrected chi connectivity index (χ4v) is 4.57. The number of imide groups is 1. The van der Waals surface area contributed by atoms with Gasteiger partial charge >= 0.3 is 0 Å². The Morgan fingerprint density at radius 1 is 0.444 bits per heavy atom. The molecular formula is C37H62N2O15. The molecule has 0 fully saturated rings. The lowest BCUT2D eigenvalue weighted by Crippen LogP contribution is -2.33. The van der Waals surface area contributed by atoms with Crippen molar-refractivity contribution in [1.82, 2.24) is 10.2 Å². The molecule has 1 aliphatic rings. The van der Waals surface area contributed by atoms with Gasteiger partial charge in [-0.25, -0.2) is 0 Å². The first-order valence-corrected chi connectivity index (χ1v) is 18.8. The summed E-state index contributed by atoms with van der Waals surface area (Å²) in [6, 6.07) is 6.81. The summed E-state index contributed by atoms with van der Waals surface area (Å²) in [5.41, 5.74) is 0.877. The van der Waals surface area contributed by atoms with Crippen LogP contribution < -0.4 is 5.32 Å². The normalized spacial score (nSPS) is 12.6. The summed E-state index contributed by atoms with van der Waals surface area (Å²) >= 11 is 0.